The van der Waals surface area contributed by atoms with E-state index in [2.05, 4.69) is 17.0 Å². The summed E-state index contributed by atoms with van der Waals surface area (Å²) in [6.45, 7) is 4.80. The Labute approximate surface area is 109 Å². The van der Waals surface area contributed by atoms with Crippen molar-refractivity contribution in [3.05, 3.63) is 35.9 Å². The molecule has 0 saturated carbocycles. The number of nitrogens with zero attached hydrogens (tertiary/aromatic N) is 1. The highest BCUT2D eigenvalue weighted by atomic mass is 16.3. The van der Waals surface area contributed by atoms with Crippen molar-refractivity contribution in [2.75, 3.05) is 19.7 Å². The van der Waals surface area contributed by atoms with Gasteiger partial charge in [0.25, 0.3) is 0 Å². The van der Waals surface area contributed by atoms with Crippen LogP contribution in [0.4, 0.5) is 0 Å². The van der Waals surface area contributed by atoms with E-state index in [-0.39, 0.29) is 24.5 Å². The molecule has 3 heteroatoms. The molecule has 1 aliphatic rings. The van der Waals surface area contributed by atoms with E-state index in [1.54, 1.807) is 0 Å². The van der Waals surface area contributed by atoms with E-state index >= 15 is 0 Å². The third-order valence-corrected chi connectivity index (χ3v) is 3.99. The summed E-state index contributed by atoms with van der Waals surface area (Å²) >= 11 is 0. The molecule has 1 heterocycles. The molecule has 100 valence electrons. The van der Waals surface area contributed by atoms with Gasteiger partial charge in [0, 0.05) is 19.7 Å². The molecule has 3 atom stereocenters. The Kier molecular flexibility index (Phi) is 4.75. The lowest BCUT2D eigenvalue weighted by Gasteiger charge is -2.38. The molecule has 1 aromatic carbocycles. The topological polar surface area (TPSA) is 43.7 Å². The quantitative estimate of drug-likeness (QED) is 0.850. The van der Waals surface area contributed by atoms with Gasteiger partial charge in [-0.3, -0.25) is 4.90 Å². The van der Waals surface area contributed by atoms with Crippen molar-refractivity contribution in [3.63, 3.8) is 0 Å². The van der Waals surface area contributed by atoms with E-state index in [1.807, 2.05) is 25.1 Å². The average molecular weight is 249 g/mol. The molecule has 0 bridgehead atoms. The summed E-state index contributed by atoms with van der Waals surface area (Å²) in [6.07, 6.45) is 0.653. The second kappa shape index (κ2) is 6.32. The Balaban J connectivity index is 1.88. The lowest BCUT2D eigenvalue weighted by atomic mass is 9.83. The van der Waals surface area contributed by atoms with Crippen molar-refractivity contribution >= 4 is 0 Å². The fraction of sp³-hybridized carbons (Fsp3) is 0.600. The predicted octanol–water partition coefficient (Wildman–Crippen LogP) is 1.50. The molecule has 18 heavy (non-hydrogen) atoms. The SMILES string of the molecule is CC(CO)[C@H]1CCN(Cc2ccccc2)C[C@@H]1O. The minimum Gasteiger partial charge on any atom is -0.396 e. The van der Waals surface area contributed by atoms with Gasteiger partial charge < -0.3 is 10.2 Å². The fourth-order valence-corrected chi connectivity index (χ4v) is 2.80. The molecular formula is C15H23NO2. The van der Waals surface area contributed by atoms with Gasteiger partial charge in [-0.15, -0.1) is 0 Å². The number of aliphatic hydroxyl groups excluding tert-OH is 2. The summed E-state index contributed by atoms with van der Waals surface area (Å²) in [5, 5.41) is 19.3. The van der Waals surface area contributed by atoms with Gasteiger partial charge in [-0.25, -0.2) is 0 Å². The number of benzene rings is 1. The van der Waals surface area contributed by atoms with Gasteiger partial charge in [0.2, 0.25) is 0 Å². The van der Waals surface area contributed by atoms with Crippen molar-refractivity contribution in [2.24, 2.45) is 11.8 Å². The number of β-amino-alcohol motifs (C(OH)–C–C–N with tert-alkyl or cyclic N) is 1. The Morgan fingerprint density at radius 3 is 2.67 bits per heavy atom. The summed E-state index contributed by atoms with van der Waals surface area (Å²) in [5.74, 6) is 0.431. The standard InChI is InChI=1S/C15H23NO2/c1-12(11-17)14-7-8-16(10-15(14)18)9-13-5-3-2-4-6-13/h2-6,12,14-15,17-18H,7-11H2,1H3/t12?,14-,15+/m1/s1. The van der Waals surface area contributed by atoms with Crippen LogP contribution in [0.15, 0.2) is 30.3 Å². The third-order valence-electron chi connectivity index (χ3n) is 3.99. The molecule has 0 radical (unpaired) electrons. The number of aliphatic hydroxyl groups is 2. The Hall–Kier alpha value is -0.900. The molecule has 1 fully saturated rings. The van der Waals surface area contributed by atoms with Crippen LogP contribution in [0.5, 0.6) is 0 Å². The number of likely N-dealkylation sites (tertiary alicyclic amines) is 1. The van der Waals surface area contributed by atoms with E-state index in [9.17, 15) is 10.2 Å². The number of hydrogen-bond donors (Lipinski definition) is 2. The first-order valence-electron chi connectivity index (χ1n) is 6.76. The molecule has 0 aliphatic carbocycles. The highest BCUT2D eigenvalue weighted by Gasteiger charge is 2.30. The summed E-state index contributed by atoms with van der Waals surface area (Å²) < 4.78 is 0. The van der Waals surface area contributed by atoms with Crippen LogP contribution in [-0.2, 0) is 6.54 Å². The van der Waals surface area contributed by atoms with Crippen LogP contribution >= 0.6 is 0 Å². The largest absolute Gasteiger partial charge is 0.396 e. The Morgan fingerprint density at radius 2 is 2.06 bits per heavy atom. The molecule has 1 unspecified atom stereocenters. The molecule has 0 aromatic heterocycles. The summed E-state index contributed by atoms with van der Waals surface area (Å²) in [7, 11) is 0. The molecule has 1 saturated heterocycles. The third kappa shape index (κ3) is 3.31. The second-order valence-electron chi connectivity index (χ2n) is 5.40. The molecule has 1 aromatic rings. The molecule has 2 rings (SSSR count). The highest BCUT2D eigenvalue weighted by molar-refractivity contribution is 5.14. The maximum atomic E-state index is 10.2. The average Bonchev–Trinajstić information content (AvgIpc) is 2.39. The zero-order valence-electron chi connectivity index (χ0n) is 11.0. The minimum atomic E-state index is -0.315. The van der Waals surface area contributed by atoms with Crippen LogP contribution in [0.3, 0.4) is 0 Å². The smallest absolute Gasteiger partial charge is 0.0699 e. The monoisotopic (exact) mass is 249 g/mol. The molecule has 1 aliphatic heterocycles. The lowest BCUT2D eigenvalue weighted by molar-refractivity contribution is -0.0139. The first kappa shape index (κ1) is 13.5. The zero-order valence-corrected chi connectivity index (χ0v) is 11.0. The second-order valence-corrected chi connectivity index (χ2v) is 5.40. The molecule has 2 N–H and O–H groups in total. The molecule has 0 spiro atoms. The lowest BCUT2D eigenvalue weighted by Crippen LogP contribution is -2.45. The summed E-state index contributed by atoms with van der Waals surface area (Å²) in [6, 6.07) is 10.4. The van der Waals surface area contributed by atoms with Crippen LogP contribution in [-0.4, -0.2) is 40.9 Å². The molecule has 3 nitrogen and oxygen atoms in total. The van der Waals surface area contributed by atoms with Gasteiger partial charge in [-0.1, -0.05) is 37.3 Å². The van der Waals surface area contributed by atoms with Crippen LogP contribution in [0.25, 0.3) is 0 Å². The van der Waals surface area contributed by atoms with Crippen molar-refractivity contribution < 1.29 is 10.2 Å². The van der Waals surface area contributed by atoms with E-state index in [0.717, 1.165) is 19.5 Å². The van der Waals surface area contributed by atoms with Crippen molar-refractivity contribution in [1.82, 2.24) is 4.90 Å². The number of hydrogen-bond acceptors (Lipinski definition) is 3. The van der Waals surface area contributed by atoms with Gasteiger partial charge in [0.1, 0.15) is 0 Å². The Morgan fingerprint density at radius 1 is 1.33 bits per heavy atom. The van der Waals surface area contributed by atoms with Crippen LogP contribution in [0.2, 0.25) is 0 Å². The first-order chi connectivity index (χ1) is 8.70. The van der Waals surface area contributed by atoms with Gasteiger partial charge >= 0.3 is 0 Å². The van der Waals surface area contributed by atoms with Crippen molar-refractivity contribution in [1.29, 1.82) is 0 Å². The van der Waals surface area contributed by atoms with E-state index in [4.69, 9.17) is 0 Å². The predicted molar refractivity (Wildman–Crippen MR) is 72.1 cm³/mol. The normalized spacial score (nSPS) is 27.1. The summed E-state index contributed by atoms with van der Waals surface area (Å²) in [5.41, 5.74) is 1.29. The molecular weight excluding hydrogens is 226 g/mol. The van der Waals surface area contributed by atoms with Crippen molar-refractivity contribution in [2.45, 2.75) is 26.0 Å². The maximum Gasteiger partial charge on any atom is 0.0699 e. The van der Waals surface area contributed by atoms with E-state index in [1.165, 1.54) is 5.56 Å². The van der Waals surface area contributed by atoms with Crippen LogP contribution < -0.4 is 0 Å². The van der Waals surface area contributed by atoms with E-state index in [0.29, 0.717) is 6.54 Å². The van der Waals surface area contributed by atoms with Crippen LogP contribution in [0.1, 0.15) is 18.9 Å². The highest BCUT2D eigenvalue weighted by Crippen LogP contribution is 2.25. The van der Waals surface area contributed by atoms with Gasteiger partial charge in [-0.2, -0.15) is 0 Å². The van der Waals surface area contributed by atoms with Crippen LogP contribution in [0, 0.1) is 11.8 Å². The zero-order chi connectivity index (χ0) is 13.0. The van der Waals surface area contributed by atoms with Gasteiger partial charge in [-0.05, 0) is 30.4 Å². The number of rotatable bonds is 4. The summed E-state index contributed by atoms with van der Waals surface area (Å²) in [4.78, 5) is 2.29. The van der Waals surface area contributed by atoms with Gasteiger partial charge in [0.15, 0.2) is 0 Å². The minimum absolute atomic E-state index is 0.167. The van der Waals surface area contributed by atoms with Crippen molar-refractivity contribution in [3.8, 4) is 0 Å². The van der Waals surface area contributed by atoms with E-state index < -0.39 is 0 Å². The molecule has 0 amide bonds. The maximum absolute atomic E-state index is 10.2. The van der Waals surface area contributed by atoms with Gasteiger partial charge in [0.05, 0.1) is 6.10 Å². The first-order valence-corrected chi connectivity index (χ1v) is 6.76. The fourth-order valence-electron chi connectivity index (χ4n) is 2.80. The Bertz CT molecular complexity index is 355. The number of piperidine rings is 1.